The summed E-state index contributed by atoms with van der Waals surface area (Å²) < 4.78 is 12.4. The molecule has 1 amide bonds. The third kappa shape index (κ3) is 5.00. The van der Waals surface area contributed by atoms with Crippen LogP contribution in [0.25, 0.3) is 10.2 Å². The molecule has 2 aromatic carbocycles. The van der Waals surface area contributed by atoms with E-state index >= 15 is 0 Å². The summed E-state index contributed by atoms with van der Waals surface area (Å²) in [6, 6.07) is 17.2. The maximum absolute atomic E-state index is 13.2. The summed E-state index contributed by atoms with van der Waals surface area (Å²) in [4.78, 5) is 23.7. The van der Waals surface area contributed by atoms with Crippen molar-refractivity contribution in [1.82, 2.24) is 9.97 Å². The summed E-state index contributed by atoms with van der Waals surface area (Å²) in [5, 5.41) is 0.617. The van der Waals surface area contributed by atoms with Gasteiger partial charge >= 0.3 is 0 Å². The van der Waals surface area contributed by atoms with Gasteiger partial charge < -0.3 is 9.47 Å². The van der Waals surface area contributed by atoms with E-state index in [9.17, 15) is 4.79 Å². The van der Waals surface area contributed by atoms with E-state index in [4.69, 9.17) is 14.5 Å². The van der Waals surface area contributed by atoms with Crippen molar-refractivity contribution < 1.29 is 14.3 Å². The number of hydrogen-bond donors (Lipinski definition) is 0. The van der Waals surface area contributed by atoms with Crippen LogP contribution in [0.3, 0.4) is 0 Å². The molecule has 4 aromatic rings. The number of fused-ring (bicyclic) bond motifs is 1. The van der Waals surface area contributed by atoms with Crippen molar-refractivity contribution in [2.75, 3.05) is 18.1 Å². The fourth-order valence-corrected chi connectivity index (χ4v) is 4.15. The highest BCUT2D eigenvalue weighted by atomic mass is 32.1. The Morgan fingerprint density at radius 1 is 1.10 bits per heavy atom. The van der Waals surface area contributed by atoms with Crippen molar-refractivity contribution in [3.8, 4) is 11.5 Å². The lowest BCUT2D eigenvalue weighted by molar-refractivity contribution is -0.120. The van der Waals surface area contributed by atoms with Crippen LogP contribution in [0, 0.1) is 6.92 Å². The number of benzene rings is 2. The van der Waals surface area contributed by atoms with Gasteiger partial charge in [-0.2, -0.15) is 0 Å². The third-order valence-electron chi connectivity index (χ3n) is 4.70. The average molecular weight is 434 g/mol. The third-order valence-corrected chi connectivity index (χ3v) is 5.74. The quantitative estimate of drug-likeness (QED) is 0.391. The zero-order valence-corrected chi connectivity index (χ0v) is 18.3. The lowest BCUT2D eigenvalue weighted by Gasteiger charge is -2.20. The summed E-state index contributed by atoms with van der Waals surface area (Å²) in [5.74, 6) is 1.32. The first kappa shape index (κ1) is 20.8. The molecule has 2 aromatic heterocycles. The molecule has 0 aliphatic rings. The molecule has 4 rings (SSSR count). The molecule has 0 aliphatic carbocycles. The summed E-state index contributed by atoms with van der Waals surface area (Å²) in [6.07, 6.45) is 3.47. The molecule has 6 nitrogen and oxygen atoms in total. The predicted octanol–water partition coefficient (Wildman–Crippen LogP) is 5.01. The first-order valence-electron chi connectivity index (χ1n) is 10.0. The van der Waals surface area contributed by atoms with Crippen molar-refractivity contribution >= 4 is 32.6 Å². The number of rotatable bonds is 8. The molecule has 7 heteroatoms. The van der Waals surface area contributed by atoms with E-state index in [1.807, 2.05) is 68.4 Å². The predicted molar refractivity (Wildman–Crippen MR) is 123 cm³/mol. The Bertz CT molecular complexity index is 1180. The number of nitrogens with zero attached hydrogens (tertiary/aromatic N) is 3. The molecule has 0 fully saturated rings. The minimum atomic E-state index is -0.170. The molecular formula is C24H23N3O3S. The van der Waals surface area contributed by atoms with Crippen LogP contribution in [0.5, 0.6) is 11.5 Å². The number of ether oxygens (including phenoxy) is 2. The number of amides is 1. The number of aromatic nitrogens is 2. The van der Waals surface area contributed by atoms with Gasteiger partial charge in [-0.3, -0.25) is 14.7 Å². The molecule has 0 aliphatic heterocycles. The van der Waals surface area contributed by atoms with E-state index in [0.29, 0.717) is 24.0 Å². The molecule has 0 saturated carbocycles. The van der Waals surface area contributed by atoms with Crippen molar-refractivity contribution in [1.29, 1.82) is 0 Å². The topological polar surface area (TPSA) is 64.5 Å². The Balaban J connectivity index is 1.61. The van der Waals surface area contributed by atoms with E-state index in [-0.39, 0.29) is 12.5 Å². The van der Waals surface area contributed by atoms with Gasteiger partial charge in [0.15, 0.2) is 11.7 Å². The monoisotopic (exact) mass is 433 g/mol. The van der Waals surface area contributed by atoms with Gasteiger partial charge in [0.2, 0.25) is 0 Å². The van der Waals surface area contributed by atoms with Crippen LogP contribution >= 0.6 is 11.3 Å². The Hall–Kier alpha value is -3.45. The lowest BCUT2D eigenvalue weighted by atomic mass is 10.2. The second-order valence-electron chi connectivity index (χ2n) is 6.95. The number of carbonyl (C=O) groups excluding carboxylic acids is 1. The molecule has 2 heterocycles. The van der Waals surface area contributed by atoms with E-state index in [1.165, 1.54) is 11.3 Å². The molecule has 0 saturated heterocycles. The van der Waals surface area contributed by atoms with Gasteiger partial charge in [-0.15, -0.1) is 0 Å². The Labute approximate surface area is 185 Å². The summed E-state index contributed by atoms with van der Waals surface area (Å²) >= 11 is 1.46. The molecule has 31 heavy (non-hydrogen) atoms. The van der Waals surface area contributed by atoms with E-state index in [0.717, 1.165) is 27.1 Å². The Morgan fingerprint density at radius 2 is 1.97 bits per heavy atom. The normalized spacial score (nSPS) is 10.8. The minimum Gasteiger partial charge on any atom is -0.494 e. The molecule has 0 radical (unpaired) electrons. The lowest BCUT2D eigenvalue weighted by Crippen LogP contribution is -2.34. The van der Waals surface area contributed by atoms with E-state index in [1.54, 1.807) is 17.3 Å². The van der Waals surface area contributed by atoms with Gasteiger partial charge in [0.05, 0.1) is 23.4 Å². The molecule has 0 atom stereocenters. The fourth-order valence-electron chi connectivity index (χ4n) is 3.14. The van der Waals surface area contributed by atoms with Crippen molar-refractivity contribution in [3.63, 3.8) is 0 Å². The average Bonchev–Trinajstić information content (AvgIpc) is 3.21. The van der Waals surface area contributed by atoms with Gasteiger partial charge in [0, 0.05) is 12.4 Å². The van der Waals surface area contributed by atoms with Gasteiger partial charge in [-0.1, -0.05) is 35.6 Å². The molecule has 158 valence electrons. The summed E-state index contributed by atoms with van der Waals surface area (Å²) in [5.41, 5.74) is 2.73. The smallest absolute Gasteiger partial charge is 0.267 e. The SMILES string of the molecule is CCOc1ccc2nc(N(Cc3cccnc3)C(=O)COc3ccccc3C)sc2c1. The number of para-hydroxylation sites is 1. The maximum Gasteiger partial charge on any atom is 0.267 e. The number of pyridine rings is 1. The van der Waals surface area contributed by atoms with Crippen LogP contribution < -0.4 is 14.4 Å². The van der Waals surface area contributed by atoms with Gasteiger partial charge in [-0.05, 0) is 55.3 Å². The first-order valence-corrected chi connectivity index (χ1v) is 10.9. The van der Waals surface area contributed by atoms with Gasteiger partial charge in [0.1, 0.15) is 11.5 Å². The standard InChI is InChI=1S/C24H23N3O3S/c1-3-29-19-10-11-20-22(13-19)31-24(26-20)27(15-18-8-6-12-25-14-18)23(28)16-30-21-9-5-4-7-17(21)2/h4-14H,3,15-16H2,1-2H3. The number of anilines is 1. The fraction of sp³-hybridized carbons (Fsp3) is 0.208. The van der Waals surface area contributed by atoms with E-state index < -0.39 is 0 Å². The highest BCUT2D eigenvalue weighted by molar-refractivity contribution is 7.22. The second-order valence-corrected chi connectivity index (χ2v) is 7.96. The number of aryl methyl sites for hydroxylation is 1. The largest absolute Gasteiger partial charge is 0.494 e. The van der Waals surface area contributed by atoms with Crippen LogP contribution in [0.15, 0.2) is 67.0 Å². The van der Waals surface area contributed by atoms with Crippen LogP contribution in [0.2, 0.25) is 0 Å². The minimum absolute atomic E-state index is 0.0781. The Kier molecular flexibility index (Phi) is 6.43. The van der Waals surface area contributed by atoms with Gasteiger partial charge in [-0.25, -0.2) is 4.98 Å². The number of carbonyl (C=O) groups is 1. The van der Waals surface area contributed by atoms with Gasteiger partial charge in [0.25, 0.3) is 5.91 Å². The molecule has 0 bridgehead atoms. The summed E-state index contributed by atoms with van der Waals surface area (Å²) in [6.45, 7) is 4.79. The van der Waals surface area contributed by atoms with Crippen molar-refractivity contribution in [2.45, 2.75) is 20.4 Å². The van der Waals surface area contributed by atoms with Crippen LogP contribution in [-0.4, -0.2) is 29.1 Å². The highest BCUT2D eigenvalue weighted by Gasteiger charge is 2.21. The van der Waals surface area contributed by atoms with Crippen LogP contribution in [-0.2, 0) is 11.3 Å². The van der Waals surface area contributed by atoms with E-state index in [2.05, 4.69) is 4.98 Å². The van der Waals surface area contributed by atoms with Crippen LogP contribution in [0.1, 0.15) is 18.1 Å². The molecule has 0 unspecified atom stereocenters. The van der Waals surface area contributed by atoms with Crippen molar-refractivity contribution in [2.24, 2.45) is 0 Å². The molecular weight excluding hydrogens is 410 g/mol. The highest BCUT2D eigenvalue weighted by Crippen LogP contribution is 2.32. The zero-order chi connectivity index (χ0) is 21.6. The van der Waals surface area contributed by atoms with Crippen LogP contribution in [0.4, 0.5) is 5.13 Å². The molecule has 0 spiro atoms. The maximum atomic E-state index is 13.2. The number of thiazole rings is 1. The summed E-state index contributed by atoms with van der Waals surface area (Å²) in [7, 11) is 0. The zero-order valence-electron chi connectivity index (χ0n) is 17.4. The number of hydrogen-bond acceptors (Lipinski definition) is 6. The molecule has 0 N–H and O–H groups in total. The first-order chi connectivity index (χ1) is 15.1. The second kappa shape index (κ2) is 9.57. The van der Waals surface area contributed by atoms with Crippen molar-refractivity contribution in [3.05, 3.63) is 78.1 Å². The Morgan fingerprint density at radius 3 is 2.74 bits per heavy atom.